The predicted molar refractivity (Wildman–Crippen MR) is 76.7 cm³/mol. The van der Waals surface area contributed by atoms with Gasteiger partial charge in [0.2, 0.25) is 11.8 Å². The van der Waals surface area contributed by atoms with Crippen molar-refractivity contribution in [2.24, 2.45) is 23.7 Å². The molecule has 2 aliphatic carbocycles. The summed E-state index contributed by atoms with van der Waals surface area (Å²) in [7, 11) is 0. The molecule has 2 fully saturated rings. The number of allylic oxidation sites excluding steroid dienone is 2. The Morgan fingerprint density at radius 2 is 1.60 bits per heavy atom. The number of carbonyl (C=O) groups excluding carboxylic acids is 2. The molecule has 0 N–H and O–H groups in total. The van der Waals surface area contributed by atoms with E-state index >= 15 is 0 Å². The molecule has 2 amide bonds. The number of fused-ring (bicyclic) bond motifs is 5. The number of hydrogen-bond acceptors (Lipinski definition) is 2. The van der Waals surface area contributed by atoms with E-state index in [0.717, 1.165) is 6.42 Å². The third-order valence-corrected chi connectivity index (χ3v) is 5.16. The van der Waals surface area contributed by atoms with Crippen molar-refractivity contribution < 1.29 is 9.59 Å². The molecule has 1 heterocycles. The molecule has 1 aliphatic heterocycles. The number of nitrogens with zero attached hydrogens (tertiary/aromatic N) is 1. The first-order valence-electron chi connectivity index (χ1n) is 6.59. The smallest absolute Gasteiger partial charge is 0.238 e. The first-order chi connectivity index (χ1) is 9.58. The fraction of sp³-hybridized carbons (Fsp3) is 0.333. The maximum atomic E-state index is 12.6. The van der Waals surface area contributed by atoms with Crippen LogP contribution in [-0.4, -0.2) is 11.8 Å². The van der Waals surface area contributed by atoms with Crippen LogP contribution in [0.25, 0.3) is 0 Å². The molecule has 3 nitrogen and oxygen atoms in total. The Kier molecular flexibility index (Phi) is 2.54. The average Bonchev–Trinajstić information content (AvgIpc) is 3.06. The lowest BCUT2D eigenvalue weighted by Crippen LogP contribution is -2.33. The molecule has 0 aromatic heterocycles. The minimum Gasteiger partial charge on any atom is -0.274 e. The first-order valence-corrected chi connectivity index (χ1v) is 7.34. The largest absolute Gasteiger partial charge is 0.274 e. The quantitative estimate of drug-likeness (QED) is 0.589. The van der Waals surface area contributed by atoms with E-state index in [1.807, 2.05) is 0 Å². The SMILES string of the molecule is O=C1[C@@H]2[C@H](C(=O)N1c1ccc(Cl)cc1Cl)[C@H]1C=C[C@H]2C1. The zero-order valence-electron chi connectivity index (χ0n) is 10.4. The second-order valence-electron chi connectivity index (χ2n) is 5.61. The van der Waals surface area contributed by atoms with Crippen LogP contribution in [0.1, 0.15) is 6.42 Å². The second-order valence-corrected chi connectivity index (χ2v) is 6.45. The Labute approximate surface area is 126 Å². The van der Waals surface area contributed by atoms with Gasteiger partial charge in [-0.1, -0.05) is 35.4 Å². The van der Waals surface area contributed by atoms with Crippen molar-refractivity contribution in [3.05, 3.63) is 40.4 Å². The van der Waals surface area contributed by atoms with Crippen molar-refractivity contribution in [2.75, 3.05) is 4.90 Å². The summed E-state index contributed by atoms with van der Waals surface area (Å²) >= 11 is 12.0. The summed E-state index contributed by atoms with van der Waals surface area (Å²) in [6.45, 7) is 0. The van der Waals surface area contributed by atoms with E-state index in [2.05, 4.69) is 12.2 Å². The van der Waals surface area contributed by atoms with Crippen LogP contribution in [0.3, 0.4) is 0 Å². The minimum atomic E-state index is -0.204. The number of rotatable bonds is 1. The van der Waals surface area contributed by atoms with Gasteiger partial charge in [-0.15, -0.1) is 0 Å². The van der Waals surface area contributed by atoms with Crippen molar-refractivity contribution in [2.45, 2.75) is 6.42 Å². The Balaban J connectivity index is 1.78. The molecule has 1 saturated carbocycles. The van der Waals surface area contributed by atoms with E-state index in [9.17, 15) is 9.59 Å². The lowest BCUT2D eigenvalue weighted by molar-refractivity contribution is -0.123. The monoisotopic (exact) mass is 307 g/mol. The summed E-state index contributed by atoms with van der Waals surface area (Å²) < 4.78 is 0. The van der Waals surface area contributed by atoms with Crippen LogP contribution in [0, 0.1) is 23.7 Å². The highest BCUT2D eigenvalue weighted by Gasteiger charge is 2.59. The number of hydrogen-bond donors (Lipinski definition) is 0. The lowest BCUT2D eigenvalue weighted by atomic mass is 9.85. The summed E-state index contributed by atoms with van der Waals surface area (Å²) in [5.74, 6) is -0.245. The van der Waals surface area contributed by atoms with Crippen LogP contribution in [-0.2, 0) is 9.59 Å². The molecule has 1 aromatic rings. The van der Waals surface area contributed by atoms with Crippen LogP contribution in [0.2, 0.25) is 10.0 Å². The molecule has 20 heavy (non-hydrogen) atoms. The molecule has 1 aromatic carbocycles. The third kappa shape index (κ3) is 1.48. The molecule has 1 saturated heterocycles. The molecule has 4 rings (SSSR count). The Morgan fingerprint density at radius 1 is 1.00 bits per heavy atom. The van der Waals surface area contributed by atoms with Gasteiger partial charge in [0, 0.05) is 5.02 Å². The summed E-state index contributed by atoms with van der Waals surface area (Å²) in [6, 6.07) is 4.83. The highest BCUT2D eigenvalue weighted by molar-refractivity contribution is 6.38. The fourth-order valence-electron chi connectivity index (χ4n) is 3.80. The van der Waals surface area contributed by atoms with Crippen LogP contribution < -0.4 is 4.90 Å². The van der Waals surface area contributed by atoms with Crippen molar-refractivity contribution in [1.82, 2.24) is 0 Å². The van der Waals surface area contributed by atoms with E-state index in [4.69, 9.17) is 23.2 Å². The maximum absolute atomic E-state index is 12.6. The molecule has 5 heteroatoms. The van der Waals surface area contributed by atoms with Gasteiger partial charge in [-0.05, 0) is 36.5 Å². The molecular weight excluding hydrogens is 297 g/mol. The number of benzene rings is 1. The zero-order valence-corrected chi connectivity index (χ0v) is 11.9. The number of imide groups is 1. The lowest BCUT2D eigenvalue weighted by Gasteiger charge is -2.18. The Bertz CT molecular complexity index is 640. The van der Waals surface area contributed by atoms with Crippen molar-refractivity contribution >= 4 is 40.7 Å². The molecule has 4 atom stereocenters. The highest BCUT2D eigenvalue weighted by Crippen LogP contribution is 2.53. The summed E-state index contributed by atoms with van der Waals surface area (Å²) in [6.07, 6.45) is 5.07. The average molecular weight is 308 g/mol. The molecule has 102 valence electrons. The van der Waals surface area contributed by atoms with Gasteiger partial charge in [0.1, 0.15) is 0 Å². The molecular formula is C15H11Cl2NO2. The number of halogens is 2. The van der Waals surface area contributed by atoms with E-state index in [1.165, 1.54) is 4.90 Å². The van der Waals surface area contributed by atoms with Gasteiger partial charge in [-0.25, -0.2) is 4.90 Å². The summed E-state index contributed by atoms with van der Waals surface area (Å²) in [5, 5.41) is 0.819. The molecule has 0 spiro atoms. The predicted octanol–water partition coefficient (Wildman–Crippen LogP) is 3.30. The molecule has 2 bridgehead atoms. The van der Waals surface area contributed by atoms with Gasteiger partial charge in [0.15, 0.2) is 0 Å². The number of amides is 2. The van der Waals surface area contributed by atoms with Gasteiger partial charge < -0.3 is 0 Å². The highest BCUT2D eigenvalue weighted by atomic mass is 35.5. The van der Waals surface area contributed by atoms with Gasteiger partial charge >= 0.3 is 0 Å². The van der Waals surface area contributed by atoms with E-state index in [0.29, 0.717) is 15.7 Å². The normalized spacial score (nSPS) is 34.2. The fourth-order valence-corrected chi connectivity index (χ4v) is 4.30. The van der Waals surface area contributed by atoms with E-state index in [1.54, 1.807) is 18.2 Å². The van der Waals surface area contributed by atoms with Gasteiger partial charge in [-0.3, -0.25) is 9.59 Å². The second kappa shape index (κ2) is 4.09. The van der Waals surface area contributed by atoms with Crippen LogP contribution in [0.15, 0.2) is 30.4 Å². The summed E-state index contributed by atoms with van der Waals surface area (Å²) in [4.78, 5) is 26.5. The maximum Gasteiger partial charge on any atom is 0.238 e. The van der Waals surface area contributed by atoms with Gasteiger partial charge in [-0.2, -0.15) is 0 Å². The molecule has 0 radical (unpaired) electrons. The van der Waals surface area contributed by atoms with Gasteiger partial charge in [0.25, 0.3) is 0 Å². The topological polar surface area (TPSA) is 37.4 Å². The number of anilines is 1. The van der Waals surface area contributed by atoms with Crippen LogP contribution in [0.5, 0.6) is 0 Å². The van der Waals surface area contributed by atoms with E-state index < -0.39 is 0 Å². The van der Waals surface area contributed by atoms with Crippen LogP contribution >= 0.6 is 23.2 Å². The Morgan fingerprint density at radius 3 is 2.15 bits per heavy atom. The van der Waals surface area contributed by atoms with Crippen molar-refractivity contribution in [1.29, 1.82) is 0 Å². The Hall–Kier alpha value is -1.32. The minimum absolute atomic E-state index is 0.124. The van der Waals surface area contributed by atoms with Crippen molar-refractivity contribution in [3.8, 4) is 0 Å². The summed E-state index contributed by atoms with van der Waals surface area (Å²) in [5.41, 5.74) is 0.444. The molecule has 0 unspecified atom stereocenters. The van der Waals surface area contributed by atoms with E-state index in [-0.39, 0.29) is 35.5 Å². The van der Waals surface area contributed by atoms with Crippen molar-refractivity contribution in [3.63, 3.8) is 0 Å². The number of carbonyl (C=O) groups is 2. The third-order valence-electron chi connectivity index (χ3n) is 4.62. The van der Waals surface area contributed by atoms with Gasteiger partial charge in [0.05, 0.1) is 22.5 Å². The first kappa shape index (κ1) is 12.4. The van der Waals surface area contributed by atoms with Crippen LogP contribution in [0.4, 0.5) is 5.69 Å². The molecule has 3 aliphatic rings. The standard InChI is InChI=1S/C15H11Cl2NO2/c16-9-3-4-11(10(17)6-9)18-14(19)12-7-1-2-8(5-7)13(12)15(18)20/h1-4,6-8,12-13H,5H2/t7-,8-,12-,13+/m0/s1. The zero-order chi connectivity index (χ0) is 14.0.